The standard InChI is InChI=1S/C12H14N2O3/c1-16-10-3-2-9(6-14-10)11(15)12(7-13)4-5-17-8-12/h2-3,6,11,15H,4-5,8H2,1H3. The maximum absolute atomic E-state index is 10.3. The first-order valence-corrected chi connectivity index (χ1v) is 5.39. The smallest absolute Gasteiger partial charge is 0.212 e. The van der Waals surface area contributed by atoms with E-state index < -0.39 is 11.5 Å². The molecule has 0 spiro atoms. The Morgan fingerprint density at radius 3 is 2.94 bits per heavy atom. The van der Waals surface area contributed by atoms with Crippen molar-refractivity contribution in [1.29, 1.82) is 5.26 Å². The van der Waals surface area contributed by atoms with Crippen LogP contribution in [0.4, 0.5) is 0 Å². The molecule has 1 saturated heterocycles. The number of aliphatic hydroxyl groups excluding tert-OH is 1. The summed E-state index contributed by atoms with van der Waals surface area (Å²) >= 11 is 0. The quantitative estimate of drug-likeness (QED) is 0.846. The van der Waals surface area contributed by atoms with Crippen molar-refractivity contribution in [3.8, 4) is 11.9 Å². The van der Waals surface area contributed by atoms with Gasteiger partial charge in [0.1, 0.15) is 11.5 Å². The third kappa shape index (κ3) is 2.09. The summed E-state index contributed by atoms with van der Waals surface area (Å²) in [6.07, 6.45) is 1.19. The van der Waals surface area contributed by atoms with E-state index in [2.05, 4.69) is 11.1 Å². The van der Waals surface area contributed by atoms with E-state index in [9.17, 15) is 10.4 Å². The van der Waals surface area contributed by atoms with E-state index in [0.29, 0.717) is 24.5 Å². The summed E-state index contributed by atoms with van der Waals surface area (Å²) in [5, 5.41) is 19.5. The van der Waals surface area contributed by atoms with E-state index in [1.807, 2.05) is 0 Å². The molecule has 0 aliphatic carbocycles. The molecule has 1 aliphatic rings. The van der Waals surface area contributed by atoms with E-state index in [1.54, 1.807) is 12.1 Å². The largest absolute Gasteiger partial charge is 0.481 e. The maximum atomic E-state index is 10.3. The van der Waals surface area contributed by atoms with Gasteiger partial charge in [0.25, 0.3) is 0 Å². The van der Waals surface area contributed by atoms with Crippen LogP contribution in [-0.4, -0.2) is 30.4 Å². The van der Waals surface area contributed by atoms with Crippen molar-refractivity contribution in [3.05, 3.63) is 23.9 Å². The molecule has 2 unspecified atom stereocenters. The third-order valence-corrected chi connectivity index (χ3v) is 3.08. The van der Waals surface area contributed by atoms with Crippen LogP contribution in [0.15, 0.2) is 18.3 Å². The van der Waals surface area contributed by atoms with Gasteiger partial charge in [0, 0.05) is 24.4 Å². The molecule has 1 aromatic heterocycles. The van der Waals surface area contributed by atoms with Crippen molar-refractivity contribution in [2.45, 2.75) is 12.5 Å². The zero-order chi connectivity index (χ0) is 12.3. The number of hydrogen-bond donors (Lipinski definition) is 1. The van der Waals surface area contributed by atoms with Crippen molar-refractivity contribution in [3.63, 3.8) is 0 Å². The lowest BCUT2D eigenvalue weighted by Gasteiger charge is -2.25. The van der Waals surface area contributed by atoms with Gasteiger partial charge >= 0.3 is 0 Å². The molecule has 2 heterocycles. The fraction of sp³-hybridized carbons (Fsp3) is 0.500. The van der Waals surface area contributed by atoms with Crippen LogP contribution in [0.5, 0.6) is 5.88 Å². The average Bonchev–Trinajstić information content (AvgIpc) is 2.88. The fourth-order valence-electron chi connectivity index (χ4n) is 1.94. The molecule has 90 valence electrons. The maximum Gasteiger partial charge on any atom is 0.212 e. The van der Waals surface area contributed by atoms with Gasteiger partial charge in [-0.1, -0.05) is 0 Å². The topological polar surface area (TPSA) is 75.4 Å². The molecule has 5 nitrogen and oxygen atoms in total. The van der Waals surface area contributed by atoms with Crippen molar-refractivity contribution in [2.24, 2.45) is 5.41 Å². The van der Waals surface area contributed by atoms with Crippen LogP contribution in [0.2, 0.25) is 0 Å². The molecule has 0 amide bonds. The predicted octanol–water partition coefficient (Wildman–Crippen LogP) is 1.05. The number of ether oxygens (including phenoxy) is 2. The van der Waals surface area contributed by atoms with E-state index in [4.69, 9.17) is 9.47 Å². The number of hydrogen-bond acceptors (Lipinski definition) is 5. The Hall–Kier alpha value is -1.64. The molecule has 1 aromatic rings. The van der Waals surface area contributed by atoms with Gasteiger partial charge in [0.15, 0.2) is 0 Å². The second-order valence-corrected chi connectivity index (χ2v) is 4.11. The van der Waals surface area contributed by atoms with Crippen molar-refractivity contribution in [2.75, 3.05) is 20.3 Å². The van der Waals surface area contributed by atoms with Gasteiger partial charge in [-0.25, -0.2) is 4.98 Å². The molecule has 0 bridgehead atoms. The van der Waals surface area contributed by atoms with Crippen LogP contribution >= 0.6 is 0 Å². The summed E-state index contributed by atoms with van der Waals surface area (Å²) < 4.78 is 10.2. The van der Waals surface area contributed by atoms with Crippen molar-refractivity contribution < 1.29 is 14.6 Å². The lowest BCUT2D eigenvalue weighted by Crippen LogP contribution is -2.27. The molecule has 2 atom stereocenters. The van der Waals surface area contributed by atoms with E-state index >= 15 is 0 Å². The van der Waals surface area contributed by atoms with Crippen molar-refractivity contribution in [1.82, 2.24) is 4.98 Å². The summed E-state index contributed by atoms with van der Waals surface area (Å²) in [5.41, 5.74) is -0.242. The van der Waals surface area contributed by atoms with E-state index in [-0.39, 0.29) is 6.61 Å². The molecule has 0 saturated carbocycles. The van der Waals surface area contributed by atoms with Gasteiger partial charge in [-0.15, -0.1) is 0 Å². The Kier molecular flexibility index (Phi) is 3.27. The highest BCUT2D eigenvalue weighted by Gasteiger charge is 2.43. The fourth-order valence-corrected chi connectivity index (χ4v) is 1.94. The second-order valence-electron chi connectivity index (χ2n) is 4.11. The van der Waals surface area contributed by atoms with Gasteiger partial charge < -0.3 is 14.6 Å². The minimum absolute atomic E-state index is 0.261. The minimum Gasteiger partial charge on any atom is -0.481 e. The SMILES string of the molecule is COc1ccc(C(O)C2(C#N)CCOC2)cn1. The first-order chi connectivity index (χ1) is 8.22. The van der Waals surface area contributed by atoms with Crippen LogP contribution < -0.4 is 4.74 Å². The Labute approximate surface area is 99.6 Å². The van der Waals surface area contributed by atoms with Crippen LogP contribution in [-0.2, 0) is 4.74 Å². The lowest BCUT2D eigenvalue weighted by atomic mass is 9.80. The van der Waals surface area contributed by atoms with Gasteiger partial charge in [0.2, 0.25) is 5.88 Å². The minimum atomic E-state index is -0.881. The number of nitrogens with zero attached hydrogens (tertiary/aromatic N) is 2. The van der Waals surface area contributed by atoms with Gasteiger partial charge in [0.05, 0.1) is 19.8 Å². The molecule has 1 aliphatic heterocycles. The lowest BCUT2D eigenvalue weighted by molar-refractivity contribution is 0.0501. The molecule has 0 aromatic carbocycles. The summed E-state index contributed by atoms with van der Waals surface area (Å²) in [5.74, 6) is 0.481. The monoisotopic (exact) mass is 234 g/mol. The molecule has 0 radical (unpaired) electrons. The highest BCUT2D eigenvalue weighted by molar-refractivity contribution is 5.24. The summed E-state index contributed by atoms with van der Waals surface area (Å²) in [4.78, 5) is 4.02. The van der Waals surface area contributed by atoms with Crippen molar-refractivity contribution >= 4 is 0 Å². The molecule has 1 fully saturated rings. The Morgan fingerprint density at radius 2 is 2.47 bits per heavy atom. The van der Waals surface area contributed by atoms with Crippen LogP contribution in [0.25, 0.3) is 0 Å². The Morgan fingerprint density at radius 1 is 1.65 bits per heavy atom. The first kappa shape index (κ1) is 11.8. The highest BCUT2D eigenvalue weighted by atomic mass is 16.5. The number of pyridine rings is 1. The Bertz CT molecular complexity index is 418. The van der Waals surface area contributed by atoms with Gasteiger partial charge in [-0.2, -0.15) is 5.26 Å². The number of aromatic nitrogens is 1. The summed E-state index contributed by atoms with van der Waals surface area (Å²) in [6.45, 7) is 0.769. The second kappa shape index (κ2) is 4.70. The predicted molar refractivity (Wildman–Crippen MR) is 59.2 cm³/mol. The van der Waals surface area contributed by atoms with E-state index in [0.717, 1.165) is 0 Å². The first-order valence-electron chi connectivity index (χ1n) is 5.39. The van der Waals surface area contributed by atoms with Gasteiger partial charge in [-0.05, 0) is 12.5 Å². The molecule has 17 heavy (non-hydrogen) atoms. The van der Waals surface area contributed by atoms with Crippen LogP contribution in [0.1, 0.15) is 18.1 Å². The molecule has 5 heteroatoms. The molecule has 2 rings (SSSR count). The molecular weight excluding hydrogens is 220 g/mol. The van der Waals surface area contributed by atoms with Gasteiger partial charge in [-0.3, -0.25) is 0 Å². The summed E-state index contributed by atoms with van der Waals surface area (Å²) in [7, 11) is 1.53. The average molecular weight is 234 g/mol. The third-order valence-electron chi connectivity index (χ3n) is 3.08. The number of methoxy groups -OCH3 is 1. The number of nitriles is 1. The molecule has 1 N–H and O–H groups in total. The van der Waals surface area contributed by atoms with Crippen LogP contribution in [0.3, 0.4) is 0 Å². The normalized spacial score (nSPS) is 25.2. The Balaban J connectivity index is 2.23. The molecular formula is C12H14N2O3. The summed E-state index contributed by atoms with van der Waals surface area (Å²) in [6, 6.07) is 5.55. The number of aliphatic hydroxyl groups is 1. The van der Waals surface area contributed by atoms with E-state index in [1.165, 1.54) is 13.3 Å². The zero-order valence-electron chi connectivity index (χ0n) is 9.59. The number of rotatable bonds is 3. The zero-order valence-corrected chi connectivity index (χ0v) is 9.59. The van der Waals surface area contributed by atoms with Crippen LogP contribution in [0, 0.1) is 16.7 Å². The highest BCUT2D eigenvalue weighted by Crippen LogP contribution is 2.40.